The Balaban J connectivity index is 1.76. The van der Waals surface area contributed by atoms with Gasteiger partial charge < -0.3 is 10.1 Å². The van der Waals surface area contributed by atoms with Gasteiger partial charge in [-0.3, -0.25) is 10.2 Å². The van der Waals surface area contributed by atoms with Gasteiger partial charge in [-0.2, -0.15) is 0 Å². The minimum absolute atomic E-state index is 0.230. The van der Waals surface area contributed by atoms with Crippen LogP contribution in [0.4, 0.5) is 10.5 Å². The minimum atomic E-state index is -0.548. The third-order valence-electron chi connectivity index (χ3n) is 3.13. The highest BCUT2D eigenvalue weighted by Crippen LogP contribution is 2.25. The van der Waals surface area contributed by atoms with Gasteiger partial charge in [-0.15, -0.1) is 0 Å². The van der Waals surface area contributed by atoms with Crippen LogP contribution in [0.3, 0.4) is 0 Å². The monoisotopic (exact) mass is 347 g/mol. The molecule has 126 valence electrons. The number of carbonyl (C=O) groups excluding carboxylic acids is 2. The maximum Gasteiger partial charge on any atom is 0.337 e. The van der Waals surface area contributed by atoms with Gasteiger partial charge in [0.1, 0.15) is 5.75 Å². The average Bonchev–Trinajstić information content (AvgIpc) is 2.56. The predicted octanol–water partition coefficient (Wildman–Crippen LogP) is 3.19. The highest BCUT2D eigenvalue weighted by atomic mass is 35.5. The molecule has 0 aliphatic carbocycles. The van der Waals surface area contributed by atoms with Crippen LogP contribution >= 0.6 is 11.6 Å². The number of hydrogen-bond donors (Lipinski definition) is 3. The quantitative estimate of drug-likeness (QED) is 0.743. The summed E-state index contributed by atoms with van der Waals surface area (Å²) < 4.78 is 5.39. The van der Waals surface area contributed by atoms with Crippen molar-refractivity contribution >= 4 is 29.2 Å². The van der Waals surface area contributed by atoms with E-state index in [1.54, 1.807) is 36.4 Å². The molecular formula is C17H18ClN3O3. The van der Waals surface area contributed by atoms with Gasteiger partial charge in [-0.05, 0) is 49.2 Å². The van der Waals surface area contributed by atoms with Crippen molar-refractivity contribution in [3.8, 4) is 5.75 Å². The van der Waals surface area contributed by atoms with Crippen molar-refractivity contribution in [3.63, 3.8) is 0 Å². The zero-order chi connectivity index (χ0) is 17.5. The first kappa shape index (κ1) is 17.6. The third kappa shape index (κ3) is 5.17. The van der Waals surface area contributed by atoms with Crippen molar-refractivity contribution in [1.82, 2.24) is 10.9 Å². The Hall–Kier alpha value is -2.73. The van der Waals surface area contributed by atoms with Gasteiger partial charge in [-0.1, -0.05) is 29.8 Å². The number of amides is 3. The Morgan fingerprint density at radius 1 is 1.04 bits per heavy atom. The number of hydrazine groups is 1. The van der Waals surface area contributed by atoms with E-state index in [9.17, 15) is 9.59 Å². The molecule has 2 aromatic carbocycles. The van der Waals surface area contributed by atoms with E-state index in [4.69, 9.17) is 16.3 Å². The van der Waals surface area contributed by atoms with Gasteiger partial charge >= 0.3 is 6.03 Å². The number of para-hydroxylation sites is 1. The Morgan fingerprint density at radius 2 is 1.67 bits per heavy atom. The Labute approximate surface area is 145 Å². The van der Waals surface area contributed by atoms with Gasteiger partial charge in [-0.25, -0.2) is 10.2 Å². The lowest BCUT2D eigenvalue weighted by atomic mass is 10.1. The molecule has 3 N–H and O–H groups in total. The van der Waals surface area contributed by atoms with Crippen LogP contribution in [0.25, 0.3) is 0 Å². The summed E-state index contributed by atoms with van der Waals surface area (Å²) in [7, 11) is 0. The molecule has 0 aliphatic rings. The minimum Gasteiger partial charge on any atom is -0.484 e. The summed E-state index contributed by atoms with van der Waals surface area (Å²) in [5, 5.41) is 3.24. The molecule has 0 aromatic heterocycles. The molecule has 0 spiro atoms. The summed E-state index contributed by atoms with van der Waals surface area (Å²) in [6, 6.07) is 11.8. The van der Waals surface area contributed by atoms with E-state index < -0.39 is 11.9 Å². The first-order valence-corrected chi connectivity index (χ1v) is 7.64. The van der Waals surface area contributed by atoms with Gasteiger partial charge in [0, 0.05) is 10.7 Å². The average molecular weight is 348 g/mol. The largest absolute Gasteiger partial charge is 0.484 e. The maximum atomic E-state index is 11.7. The predicted molar refractivity (Wildman–Crippen MR) is 93.2 cm³/mol. The molecule has 0 unspecified atom stereocenters. The van der Waals surface area contributed by atoms with Gasteiger partial charge in [0.25, 0.3) is 5.91 Å². The van der Waals surface area contributed by atoms with Crippen LogP contribution in [0.1, 0.15) is 11.1 Å². The van der Waals surface area contributed by atoms with Gasteiger partial charge in [0.15, 0.2) is 6.61 Å². The molecule has 0 bridgehead atoms. The lowest BCUT2D eigenvalue weighted by Gasteiger charge is -2.11. The normalized spacial score (nSPS) is 9.96. The van der Waals surface area contributed by atoms with Crippen LogP contribution < -0.4 is 20.9 Å². The molecule has 0 saturated carbocycles. The van der Waals surface area contributed by atoms with Crippen LogP contribution in [0.5, 0.6) is 5.75 Å². The van der Waals surface area contributed by atoms with Crippen LogP contribution in [-0.2, 0) is 4.79 Å². The molecule has 0 fully saturated rings. The summed E-state index contributed by atoms with van der Waals surface area (Å²) in [4.78, 5) is 23.3. The fourth-order valence-electron chi connectivity index (χ4n) is 1.98. The first-order chi connectivity index (χ1) is 11.5. The van der Waals surface area contributed by atoms with E-state index in [1.165, 1.54) is 0 Å². The first-order valence-electron chi connectivity index (χ1n) is 7.26. The van der Waals surface area contributed by atoms with E-state index in [0.29, 0.717) is 16.5 Å². The molecule has 0 radical (unpaired) electrons. The molecule has 7 heteroatoms. The number of ether oxygens (including phenoxy) is 1. The molecule has 3 amide bonds. The van der Waals surface area contributed by atoms with E-state index in [2.05, 4.69) is 16.2 Å². The van der Waals surface area contributed by atoms with Crippen molar-refractivity contribution in [2.24, 2.45) is 0 Å². The van der Waals surface area contributed by atoms with Crippen LogP contribution in [0, 0.1) is 13.8 Å². The maximum absolute atomic E-state index is 11.7. The summed E-state index contributed by atoms with van der Waals surface area (Å²) in [5.74, 6) is 0.0572. The van der Waals surface area contributed by atoms with Crippen LogP contribution in [-0.4, -0.2) is 18.5 Å². The van der Waals surface area contributed by atoms with Gasteiger partial charge in [0.05, 0.1) is 0 Å². The molecule has 0 heterocycles. The summed E-state index contributed by atoms with van der Waals surface area (Å²) >= 11 is 6.07. The molecule has 2 rings (SSSR count). The summed E-state index contributed by atoms with van der Waals surface area (Å²) in [5.41, 5.74) is 6.86. The number of urea groups is 1. The van der Waals surface area contributed by atoms with E-state index in [1.807, 2.05) is 19.9 Å². The van der Waals surface area contributed by atoms with Crippen LogP contribution in [0.2, 0.25) is 5.02 Å². The van der Waals surface area contributed by atoms with Gasteiger partial charge in [0.2, 0.25) is 0 Å². The SMILES string of the molecule is Cc1cc(OCC(=O)NNC(=O)Nc2ccccc2)cc(C)c1Cl. The molecule has 0 saturated heterocycles. The fraction of sp³-hybridized carbons (Fsp3) is 0.176. The number of anilines is 1. The summed E-state index contributed by atoms with van der Waals surface area (Å²) in [6.45, 7) is 3.49. The number of hydrogen-bond acceptors (Lipinski definition) is 3. The third-order valence-corrected chi connectivity index (χ3v) is 3.72. The molecule has 24 heavy (non-hydrogen) atoms. The lowest BCUT2D eigenvalue weighted by molar-refractivity contribution is -0.123. The topological polar surface area (TPSA) is 79.5 Å². The van der Waals surface area contributed by atoms with Crippen molar-refractivity contribution in [1.29, 1.82) is 0 Å². The highest BCUT2D eigenvalue weighted by Gasteiger charge is 2.08. The van der Waals surface area contributed by atoms with Crippen molar-refractivity contribution in [3.05, 3.63) is 58.6 Å². The lowest BCUT2D eigenvalue weighted by Crippen LogP contribution is -2.45. The number of rotatable bonds is 4. The van der Waals surface area contributed by atoms with Crippen molar-refractivity contribution in [2.75, 3.05) is 11.9 Å². The molecule has 0 atom stereocenters. The Morgan fingerprint density at radius 3 is 2.29 bits per heavy atom. The molecular weight excluding hydrogens is 330 g/mol. The molecule has 2 aromatic rings. The zero-order valence-corrected chi connectivity index (χ0v) is 14.1. The smallest absolute Gasteiger partial charge is 0.337 e. The fourth-order valence-corrected chi connectivity index (χ4v) is 2.09. The van der Waals surface area contributed by atoms with E-state index in [0.717, 1.165) is 11.1 Å². The Kier molecular flexibility index (Phi) is 6.03. The van der Waals surface area contributed by atoms with Crippen LogP contribution in [0.15, 0.2) is 42.5 Å². The number of carbonyl (C=O) groups is 2. The second-order valence-corrected chi connectivity index (χ2v) is 5.53. The zero-order valence-electron chi connectivity index (χ0n) is 13.4. The standard InChI is InChI=1S/C17H18ClN3O3/c1-11-8-14(9-12(2)16(11)18)24-10-15(22)20-21-17(23)19-13-6-4-3-5-7-13/h3-9H,10H2,1-2H3,(H,20,22)(H2,19,21,23). The number of nitrogens with one attached hydrogen (secondary N) is 3. The van der Waals surface area contributed by atoms with E-state index >= 15 is 0 Å². The second-order valence-electron chi connectivity index (χ2n) is 5.15. The Bertz CT molecular complexity index is 712. The molecule has 0 aliphatic heterocycles. The van der Waals surface area contributed by atoms with Crippen molar-refractivity contribution in [2.45, 2.75) is 13.8 Å². The van der Waals surface area contributed by atoms with Crippen molar-refractivity contribution < 1.29 is 14.3 Å². The highest BCUT2D eigenvalue weighted by molar-refractivity contribution is 6.32. The number of benzene rings is 2. The second kappa shape index (κ2) is 8.21. The number of aryl methyl sites for hydroxylation is 2. The summed E-state index contributed by atoms with van der Waals surface area (Å²) in [6.07, 6.45) is 0. The molecule has 6 nitrogen and oxygen atoms in total. The number of halogens is 1. The van der Waals surface area contributed by atoms with E-state index in [-0.39, 0.29) is 6.61 Å².